The Morgan fingerprint density at radius 1 is 0.446 bits per heavy atom. The quantitative estimate of drug-likeness (QED) is 0.0730. The topological polar surface area (TPSA) is 414 Å². The highest BCUT2D eigenvalue weighted by molar-refractivity contribution is 5.16. The normalized spacial score (nSPS) is 57.4. The van der Waals surface area contributed by atoms with E-state index in [9.17, 15) is 76.6 Å². The lowest BCUT2D eigenvalue weighted by atomic mass is 9.44. The lowest BCUT2D eigenvalue weighted by Crippen LogP contribution is -2.69. The molecule has 7 saturated heterocycles. The van der Waals surface area contributed by atoms with Gasteiger partial charge < -0.3 is 133 Å². The highest BCUT2D eigenvalue weighted by Gasteiger charge is 2.70. The molecule has 1 spiro atoms. The molecule has 4 saturated carbocycles. The lowest BCUT2D eigenvalue weighted by Gasteiger charge is -2.61. The van der Waals surface area contributed by atoms with Crippen LogP contribution < -0.4 is 0 Å². The van der Waals surface area contributed by atoms with Gasteiger partial charge in [0.05, 0.1) is 51.8 Å². The van der Waals surface area contributed by atoms with Crippen LogP contribution in [0.25, 0.3) is 0 Å². The van der Waals surface area contributed by atoms with Crippen molar-refractivity contribution in [3.63, 3.8) is 0 Å². The maximum absolute atomic E-state index is 12.0. The van der Waals surface area contributed by atoms with Gasteiger partial charge in [0.1, 0.15) is 116 Å². The van der Waals surface area contributed by atoms with Crippen LogP contribution in [0, 0.1) is 52.3 Å². The van der Waals surface area contributed by atoms with Crippen molar-refractivity contribution in [2.75, 3.05) is 39.6 Å². The Kier molecular flexibility index (Phi) is 19.1. The Labute approximate surface area is 481 Å². The molecule has 27 heteroatoms. The van der Waals surface area contributed by atoms with Gasteiger partial charge in [-0.05, 0) is 104 Å². The number of fused-ring (bicyclic) bond motifs is 7. The van der Waals surface area contributed by atoms with E-state index in [1.165, 1.54) is 0 Å². The fourth-order valence-electron chi connectivity index (χ4n) is 17.4. The maximum Gasteiger partial charge on any atom is 0.187 e. The van der Waals surface area contributed by atoms with E-state index in [1.54, 1.807) is 0 Å². The minimum absolute atomic E-state index is 0.0467. The van der Waals surface area contributed by atoms with Crippen molar-refractivity contribution in [3.8, 4) is 0 Å². The van der Waals surface area contributed by atoms with Gasteiger partial charge >= 0.3 is 0 Å². The van der Waals surface area contributed by atoms with Crippen molar-refractivity contribution < 1.29 is 133 Å². The number of ether oxygens (including phenoxy) is 12. The molecule has 11 rings (SSSR count). The van der Waals surface area contributed by atoms with Crippen LogP contribution in [0.5, 0.6) is 0 Å². The highest BCUT2D eigenvalue weighted by atomic mass is 16.8. The third kappa shape index (κ3) is 11.2. The largest absolute Gasteiger partial charge is 0.394 e. The summed E-state index contributed by atoms with van der Waals surface area (Å²) in [5.74, 6) is 2.81. The second-order valence-corrected chi connectivity index (χ2v) is 26.7. The van der Waals surface area contributed by atoms with Gasteiger partial charge in [-0.15, -0.1) is 0 Å². The van der Waals surface area contributed by atoms with E-state index >= 15 is 0 Å². The number of aliphatic hydroxyl groups is 15. The molecule has 7 heterocycles. The van der Waals surface area contributed by atoms with E-state index < -0.39 is 186 Å². The molecular weight excluding hydrogens is 1100 g/mol. The predicted molar refractivity (Wildman–Crippen MR) is 275 cm³/mol. The molecule has 7 aliphatic heterocycles. The first kappa shape index (κ1) is 63.5. The fourth-order valence-corrected chi connectivity index (χ4v) is 17.4. The maximum atomic E-state index is 12.0. The molecule has 27 nitrogen and oxygen atoms in total. The van der Waals surface area contributed by atoms with Crippen molar-refractivity contribution in [1.82, 2.24) is 0 Å². The Morgan fingerprint density at radius 2 is 1.01 bits per heavy atom. The minimum Gasteiger partial charge on any atom is -0.394 e. The average molecular weight is 1200 g/mol. The third-order valence-corrected chi connectivity index (χ3v) is 22.1. The van der Waals surface area contributed by atoms with E-state index in [4.69, 9.17) is 56.8 Å². The summed E-state index contributed by atoms with van der Waals surface area (Å²) in [4.78, 5) is 0. The van der Waals surface area contributed by atoms with Gasteiger partial charge in [0.2, 0.25) is 0 Å². The van der Waals surface area contributed by atoms with Gasteiger partial charge in [0.25, 0.3) is 0 Å². The molecule has 0 amide bonds. The van der Waals surface area contributed by atoms with Gasteiger partial charge in [-0.25, -0.2) is 0 Å². The lowest BCUT2D eigenvalue weighted by molar-refractivity contribution is -0.410. The summed E-state index contributed by atoms with van der Waals surface area (Å²) in [6.45, 7) is 6.13. The van der Waals surface area contributed by atoms with Crippen LogP contribution in [-0.2, 0) is 56.8 Å². The number of aliphatic hydroxyl groups excluding tert-OH is 15. The zero-order valence-electron chi connectivity index (χ0n) is 47.5. The summed E-state index contributed by atoms with van der Waals surface area (Å²) < 4.78 is 73.4. The highest BCUT2D eigenvalue weighted by Crippen LogP contribution is 2.71. The van der Waals surface area contributed by atoms with Crippen molar-refractivity contribution in [1.29, 1.82) is 0 Å². The molecule has 0 aromatic carbocycles. The van der Waals surface area contributed by atoms with Crippen molar-refractivity contribution in [3.05, 3.63) is 0 Å². The van der Waals surface area contributed by atoms with E-state index in [-0.39, 0.29) is 23.0 Å². The van der Waals surface area contributed by atoms with Crippen LogP contribution in [-0.4, -0.2) is 282 Å². The number of hydrogen-bond acceptors (Lipinski definition) is 27. The summed E-state index contributed by atoms with van der Waals surface area (Å²) >= 11 is 0. The molecule has 0 radical (unpaired) electrons. The second-order valence-electron chi connectivity index (χ2n) is 26.7. The van der Waals surface area contributed by atoms with Crippen molar-refractivity contribution in [2.24, 2.45) is 52.3 Å². The third-order valence-electron chi connectivity index (χ3n) is 22.1. The summed E-state index contributed by atoms with van der Waals surface area (Å²) in [6, 6.07) is 0. The molecule has 478 valence electrons. The Hall–Kier alpha value is -1.08. The Morgan fingerprint density at radius 3 is 1.69 bits per heavy atom. The average Bonchev–Trinajstić information content (AvgIpc) is 2.01. The summed E-state index contributed by atoms with van der Waals surface area (Å²) in [7, 11) is 0. The molecule has 36 atom stereocenters. The van der Waals surface area contributed by atoms with Crippen LogP contribution in [0.3, 0.4) is 0 Å². The molecule has 0 unspecified atom stereocenters. The molecule has 11 fully saturated rings. The molecule has 15 N–H and O–H groups in total. The first-order valence-corrected chi connectivity index (χ1v) is 30.3. The van der Waals surface area contributed by atoms with Crippen LogP contribution in [0.1, 0.15) is 91.9 Å². The smallest absolute Gasteiger partial charge is 0.187 e. The van der Waals surface area contributed by atoms with Crippen molar-refractivity contribution >= 4 is 0 Å². The van der Waals surface area contributed by atoms with Gasteiger partial charge in [-0.3, -0.25) is 0 Å². The molecule has 0 bridgehead atoms. The Balaban J connectivity index is 0.789. The van der Waals surface area contributed by atoms with Crippen LogP contribution >= 0.6 is 0 Å². The van der Waals surface area contributed by atoms with Gasteiger partial charge in [0.15, 0.2) is 37.2 Å². The van der Waals surface area contributed by atoms with Crippen LogP contribution in [0.2, 0.25) is 0 Å². The number of rotatable bonds is 14. The van der Waals surface area contributed by atoms with Gasteiger partial charge in [0, 0.05) is 12.3 Å². The molecule has 4 aliphatic carbocycles. The SMILES string of the molecule is C[C@@H]1CC[C@@]2(OC1)O[C@H]1C[C@H]3[C@@H]4CC[C@H]5C[C@@H](O[C@@H]6O[C@H](CO)[C@@H](O[C@@H]7O[C@H](CO)[C@@H](O)[C@H](O[C@@H]8O[C@H](CO)[C@H](O)[C@H](O)[C@H]8O)[C@H]7O[C@@H]7O[C@H](CO)[C@@H](O)[C@H](O[C@@H]8OC[C@@H](O)[C@H](O)[C@H]8O)[C@H]7O)[C@H](O)[C@H]6O)CC[C@]5(C)[C@H]4CC[C@]3(C)[C@H]1[C@@H]2C. The first-order valence-electron chi connectivity index (χ1n) is 30.3. The van der Waals surface area contributed by atoms with E-state index in [2.05, 4.69) is 27.7 Å². The molecule has 0 aromatic heterocycles. The van der Waals surface area contributed by atoms with E-state index in [1.807, 2.05) is 0 Å². The standard InChI is InChI=1S/C56H92O27/c1-21-7-12-56(73-19-21)22(2)34-29(83-56)14-27-25-6-5-23-13-24(8-10-54(23,3)26(25)9-11-55(27,34)4)74-50-43(70)40(67)45(33(18-60)78-50)79-53-48(47(38(65)32(17-59)77-53)81-51-42(69)39(66)36(63)30(15-57)75-51)82-52-44(71)46(37(64)31(16-58)76-52)80-49-41(68)35(62)28(61)20-72-49/h21-53,57-71H,5-20H2,1-4H3/t21-,22+,23+,24+,25-,26+,27+,28-,29+,30-,31-,32-,33-,34+,35+,36+,37-,38-,39+,40-,41-,42-,43-,44-,45-,46+,47+,48-,49+,50-,51+,52+,53+,54+,55+,56-/m1/s1. The first-order chi connectivity index (χ1) is 39.5. The van der Waals surface area contributed by atoms with Gasteiger partial charge in [-0.2, -0.15) is 0 Å². The predicted octanol–water partition coefficient (Wildman–Crippen LogP) is -4.45. The molecule has 0 aromatic rings. The van der Waals surface area contributed by atoms with Crippen LogP contribution in [0.15, 0.2) is 0 Å². The fraction of sp³-hybridized carbons (Fsp3) is 1.00. The zero-order chi connectivity index (χ0) is 59.4. The molecule has 11 aliphatic rings. The summed E-state index contributed by atoms with van der Waals surface area (Å²) in [5, 5.41) is 164. The minimum atomic E-state index is -2.14. The molecular formula is C56H92O27. The van der Waals surface area contributed by atoms with E-state index in [0.29, 0.717) is 54.3 Å². The van der Waals surface area contributed by atoms with Gasteiger partial charge in [-0.1, -0.05) is 27.7 Å². The van der Waals surface area contributed by atoms with Crippen molar-refractivity contribution in [2.45, 2.75) is 257 Å². The monoisotopic (exact) mass is 1200 g/mol. The summed E-state index contributed by atoms with van der Waals surface area (Å²) in [6.07, 6.45) is -34.7. The Bertz CT molecular complexity index is 2140. The zero-order valence-corrected chi connectivity index (χ0v) is 47.5. The second kappa shape index (κ2) is 25.0. The number of hydrogen-bond donors (Lipinski definition) is 15. The van der Waals surface area contributed by atoms with E-state index in [0.717, 1.165) is 58.0 Å². The summed E-state index contributed by atoms with van der Waals surface area (Å²) in [5.41, 5.74) is 0.216. The molecule has 83 heavy (non-hydrogen) atoms. The van der Waals surface area contributed by atoms with Crippen LogP contribution in [0.4, 0.5) is 0 Å².